The number of hydrogen-bond donors (Lipinski definition) is 0. The van der Waals surface area contributed by atoms with Crippen molar-refractivity contribution >= 4 is 21.9 Å². The molecule has 4 aromatic carbocycles. The maximum Gasteiger partial charge on any atom is 0.121 e. The summed E-state index contributed by atoms with van der Waals surface area (Å²) in [6.07, 6.45) is 12.1. The molecule has 48 heavy (non-hydrogen) atoms. The van der Waals surface area contributed by atoms with Gasteiger partial charge >= 0.3 is 0 Å². The van der Waals surface area contributed by atoms with Gasteiger partial charge in [0.2, 0.25) is 0 Å². The molecule has 243 valence electrons. The number of benzene rings is 4. The van der Waals surface area contributed by atoms with Gasteiger partial charge in [0.1, 0.15) is 5.58 Å². The second kappa shape index (κ2) is 15.7. The van der Waals surface area contributed by atoms with Gasteiger partial charge in [-0.05, 0) is 59.5 Å². The number of hydrogen-bond acceptors (Lipinski definition) is 3. The van der Waals surface area contributed by atoms with E-state index in [1.54, 1.807) is 6.20 Å². The number of pyridine rings is 2. The molecule has 0 amide bonds. The van der Waals surface area contributed by atoms with E-state index < -0.39 is 0 Å². The number of furan rings is 1. The van der Waals surface area contributed by atoms with Gasteiger partial charge < -0.3 is 14.4 Å². The van der Waals surface area contributed by atoms with E-state index in [0.29, 0.717) is 0 Å². The Morgan fingerprint density at radius 3 is 2.38 bits per heavy atom. The summed E-state index contributed by atoms with van der Waals surface area (Å²) >= 11 is 0. The van der Waals surface area contributed by atoms with E-state index in [1.807, 2.05) is 54.7 Å². The first kappa shape index (κ1) is 33.5. The third-order valence-electron chi connectivity index (χ3n) is 9.61. The van der Waals surface area contributed by atoms with E-state index in [9.17, 15) is 0 Å². The zero-order valence-electron chi connectivity index (χ0n) is 27.6. The molecule has 4 heteroatoms. The van der Waals surface area contributed by atoms with E-state index in [1.165, 1.54) is 66.2 Å². The Morgan fingerprint density at radius 2 is 1.60 bits per heavy atom. The molecule has 0 spiro atoms. The van der Waals surface area contributed by atoms with E-state index in [-0.39, 0.29) is 26.0 Å². The van der Waals surface area contributed by atoms with Crippen molar-refractivity contribution in [1.29, 1.82) is 0 Å². The number of fused-ring (bicyclic) bond motifs is 3. The molecule has 8 rings (SSSR count). The second-order valence-electron chi connectivity index (χ2n) is 12.7. The standard InChI is InChI=1S/C25H18NO.C19H22N.Ir/c1-17(18-9-3-2-4-10-18)19-11-8-15-23-24(19)21-13-7-12-20(25(21)27-23)22-14-5-6-16-26-22;1-15-14-20-19(17-10-6-3-7-11-17)13-18(15)12-16-8-4-2-5-9-16;/h2-11,13-17H,1H3;3,6-7,10,13-14,16H,2,4-5,8-9,12H2,1H3;/q2*-1;. The number of nitrogens with zero attached hydrogens (tertiary/aromatic N) is 2. The smallest absolute Gasteiger partial charge is 0.121 e. The molecular weight excluding hydrogens is 765 g/mol. The molecule has 1 atom stereocenters. The Bertz CT molecular complexity index is 2070. The summed E-state index contributed by atoms with van der Waals surface area (Å²) in [6.45, 7) is 4.43. The SMILES string of the molecule is CC(c1ccccc1)c1cccc2oc3c(-c4ccccn4)[c-]ccc3c12.Cc1cnc(-c2[c-]cccc2)cc1CC1CCCCC1.[Ir]. The molecule has 3 heterocycles. The van der Waals surface area contributed by atoms with Gasteiger partial charge in [-0.15, -0.1) is 54.1 Å². The minimum absolute atomic E-state index is 0. The Hall–Kier alpha value is -4.37. The van der Waals surface area contributed by atoms with E-state index >= 15 is 0 Å². The molecule has 1 saturated carbocycles. The van der Waals surface area contributed by atoms with Crippen LogP contribution in [0.2, 0.25) is 0 Å². The summed E-state index contributed by atoms with van der Waals surface area (Å²) in [5.74, 6) is 1.15. The van der Waals surface area contributed by atoms with Crippen molar-refractivity contribution in [2.45, 2.75) is 58.3 Å². The third kappa shape index (κ3) is 7.36. The van der Waals surface area contributed by atoms with Gasteiger partial charge in [0, 0.05) is 43.8 Å². The molecule has 0 saturated heterocycles. The van der Waals surface area contributed by atoms with Crippen LogP contribution in [0.15, 0.2) is 126 Å². The first-order valence-electron chi connectivity index (χ1n) is 16.9. The molecule has 0 bridgehead atoms. The molecule has 1 radical (unpaired) electrons. The Balaban J connectivity index is 0.000000171. The molecular formula is C44H40IrN2O-2. The molecule has 7 aromatic rings. The van der Waals surface area contributed by atoms with Crippen molar-refractivity contribution in [3.05, 3.63) is 156 Å². The molecule has 3 aromatic heterocycles. The minimum Gasteiger partial charge on any atom is -0.501 e. The van der Waals surface area contributed by atoms with Crippen LogP contribution in [0.4, 0.5) is 0 Å². The average Bonchev–Trinajstić information content (AvgIpc) is 3.53. The summed E-state index contributed by atoms with van der Waals surface area (Å²) in [7, 11) is 0. The van der Waals surface area contributed by atoms with Crippen LogP contribution in [0.3, 0.4) is 0 Å². The normalized spacial score (nSPS) is 13.8. The quantitative estimate of drug-likeness (QED) is 0.157. The van der Waals surface area contributed by atoms with E-state index in [2.05, 4.69) is 96.6 Å². The van der Waals surface area contributed by atoms with E-state index in [0.717, 1.165) is 45.0 Å². The van der Waals surface area contributed by atoms with Gasteiger partial charge in [0.05, 0.1) is 5.58 Å². The molecule has 1 aliphatic carbocycles. The predicted octanol–water partition coefficient (Wildman–Crippen LogP) is 11.6. The van der Waals surface area contributed by atoms with Crippen molar-refractivity contribution in [1.82, 2.24) is 9.97 Å². The van der Waals surface area contributed by atoms with Crippen molar-refractivity contribution in [2.75, 3.05) is 0 Å². The zero-order chi connectivity index (χ0) is 32.0. The molecule has 1 unspecified atom stereocenters. The fourth-order valence-electron chi connectivity index (χ4n) is 6.99. The fraction of sp³-hybridized carbons (Fsp3) is 0.227. The Kier molecular flexibility index (Phi) is 11.0. The maximum atomic E-state index is 6.29. The van der Waals surface area contributed by atoms with Crippen molar-refractivity contribution in [3.63, 3.8) is 0 Å². The first-order valence-corrected chi connectivity index (χ1v) is 16.9. The second-order valence-corrected chi connectivity index (χ2v) is 12.7. The van der Waals surface area contributed by atoms with Crippen LogP contribution in [-0.2, 0) is 26.5 Å². The first-order chi connectivity index (χ1) is 23.2. The summed E-state index contributed by atoms with van der Waals surface area (Å²) in [5.41, 5.74) is 11.1. The number of aryl methyl sites for hydroxylation is 1. The molecule has 1 aliphatic rings. The summed E-state index contributed by atoms with van der Waals surface area (Å²) in [6, 6.07) is 43.8. The minimum atomic E-state index is 0. The zero-order valence-corrected chi connectivity index (χ0v) is 30.0. The fourth-order valence-corrected chi connectivity index (χ4v) is 6.99. The van der Waals surface area contributed by atoms with Gasteiger partial charge in [-0.2, -0.15) is 0 Å². The number of rotatable bonds is 6. The van der Waals surface area contributed by atoms with Crippen LogP contribution in [0.5, 0.6) is 0 Å². The molecule has 0 N–H and O–H groups in total. The van der Waals surface area contributed by atoms with Crippen LogP contribution in [-0.4, -0.2) is 9.97 Å². The van der Waals surface area contributed by atoms with Crippen LogP contribution in [0.1, 0.15) is 67.2 Å². The van der Waals surface area contributed by atoms with Gasteiger partial charge in [-0.3, -0.25) is 0 Å². The van der Waals surface area contributed by atoms with Crippen LogP contribution >= 0.6 is 0 Å². The van der Waals surface area contributed by atoms with E-state index in [4.69, 9.17) is 4.42 Å². The molecule has 3 nitrogen and oxygen atoms in total. The molecule has 0 aliphatic heterocycles. The topological polar surface area (TPSA) is 38.9 Å². The van der Waals surface area contributed by atoms with Crippen molar-refractivity contribution in [2.24, 2.45) is 5.92 Å². The van der Waals surface area contributed by atoms with Crippen molar-refractivity contribution < 1.29 is 24.5 Å². The average molecular weight is 805 g/mol. The summed E-state index contributed by atoms with van der Waals surface area (Å²) in [4.78, 5) is 9.05. The van der Waals surface area contributed by atoms with Gasteiger partial charge in [-0.1, -0.05) is 116 Å². The van der Waals surface area contributed by atoms with Gasteiger partial charge in [0.15, 0.2) is 0 Å². The maximum absolute atomic E-state index is 6.29. The Morgan fingerprint density at radius 1 is 0.792 bits per heavy atom. The third-order valence-corrected chi connectivity index (χ3v) is 9.61. The van der Waals surface area contributed by atoms with Gasteiger partial charge in [0.25, 0.3) is 0 Å². The van der Waals surface area contributed by atoms with Crippen LogP contribution in [0.25, 0.3) is 44.5 Å². The summed E-state index contributed by atoms with van der Waals surface area (Å²) in [5, 5.41) is 2.29. The number of aromatic nitrogens is 2. The molecule has 1 fully saturated rings. The summed E-state index contributed by atoms with van der Waals surface area (Å²) < 4.78 is 6.29. The Labute approximate surface area is 297 Å². The monoisotopic (exact) mass is 805 g/mol. The van der Waals surface area contributed by atoms with Crippen LogP contribution in [0, 0.1) is 25.0 Å². The van der Waals surface area contributed by atoms with Crippen LogP contribution < -0.4 is 0 Å². The largest absolute Gasteiger partial charge is 0.501 e. The predicted molar refractivity (Wildman–Crippen MR) is 193 cm³/mol. The van der Waals surface area contributed by atoms with Crippen molar-refractivity contribution in [3.8, 4) is 22.5 Å². The van der Waals surface area contributed by atoms with Gasteiger partial charge in [-0.25, -0.2) is 0 Å².